The Bertz CT molecular complexity index is 625. The van der Waals surface area contributed by atoms with Gasteiger partial charge in [0.15, 0.2) is 0 Å². The van der Waals surface area contributed by atoms with Gasteiger partial charge < -0.3 is 5.32 Å². The second-order valence-electron chi connectivity index (χ2n) is 5.18. The third kappa shape index (κ3) is 3.83. The average Bonchev–Trinajstić information content (AvgIpc) is 2.43. The van der Waals surface area contributed by atoms with Crippen molar-refractivity contribution in [1.29, 1.82) is 0 Å². The fourth-order valence-corrected chi connectivity index (χ4v) is 2.43. The molecule has 0 bridgehead atoms. The Morgan fingerprint density at radius 1 is 1.15 bits per heavy atom. The predicted molar refractivity (Wildman–Crippen MR) is 91.5 cm³/mol. The van der Waals surface area contributed by atoms with Crippen molar-refractivity contribution in [3.05, 3.63) is 46.4 Å². The molecule has 2 aromatic rings. The van der Waals surface area contributed by atoms with Crippen molar-refractivity contribution in [2.24, 2.45) is 5.92 Å². The number of halogens is 2. The molecular formula is C16H17Br2NO. The van der Waals surface area contributed by atoms with E-state index < -0.39 is 0 Å². The SMILES string of the molecule is CC(C)C(Br)CNC(=O)c1ccc2cc(Br)ccc2c1. The summed E-state index contributed by atoms with van der Waals surface area (Å²) in [5.41, 5.74) is 0.697. The lowest BCUT2D eigenvalue weighted by atomic mass is 10.1. The first-order valence-corrected chi connectivity index (χ1v) is 8.30. The lowest BCUT2D eigenvalue weighted by molar-refractivity contribution is 0.0953. The second-order valence-corrected chi connectivity index (χ2v) is 7.27. The molecule has 1 amide bonds. The van der Waals surface area contributed by atoms with Gasteiger partial charge in [-0.15, -0.1) is 0 Å². The van der Waals surface area contributed by atoms with E-state index in [0.29, 0.717) is 22.9 Å². The van der Waals surface area contributed by atoms with Crippen molar-refractivity contribution in [3.8, 4) is 0 Å². The number of fused-ring (bicyclic) bond motifs is 1. The number of carbonyl (C=O) groups excluding carboxylic acids is 1. The Balaban J connectivity index is 2.12. The molecule has 0 heterocycles. The van der Waals surface area contributed by atoms with Crippen LogP contribution in [0.2, 0.25) is 0 Å². The summed E-state index contributed by atoms with van der Waals surface area (Å²) in [6.45, 7) is 4.88. The Morgan fingerprint density at radius 2 is 1.80 bits per heavy atom. The van der Waals surface area contributed by atoms with Gasteiger partial charge >= 0.3 is 0 Å². The van der Waals surface area contributed by atoms with E-state index in [1.54, 1.807) is 0 Å². The van der Waals surface area contributed by atoms with Crippen LogP contribution in [-0.4, -0.2) is 17.3 Å². The number of amides is 1. The maximum absolute atomic E-state index is 12.1. The van der Waals surface area contributed by atoms with E-state index in [-0.39, 0.29) is 5.91 Å². The molecule has 0 saturated heterocycles. The zero-order chi connectivity index (χ0) is 14.7. The van der Waals surface area contributed by atoms with Gasteiger partial charge in [-0.25, -0.2) is 0 Å². The molecule has 1 N–H and O–H groups in total. The summed E-state index contributed by atoms with van der Waals surface area (Å²) in [5.74, 6) is 0.462. The highest BCUT2D eigenvalue weighted by Crippen LogP contribution is 2.21. The van der Waals surface area contributed by atoms with Gasteiger partial charge in [0.2, 0.25) is 0 Å². The van der Waals surface area contributed by atoms with E-state index in [4.69, 9.17) is 0 Å². The highest BCUT2D eigenvalue weighted by Gasteiger charge is 2.12. The minimum Gasteiger partial charge on any atom is -0.351 e. The smallest absolute Gasteiger partial charge is 0.251 e. The third-order valence-electron chi connectivity index (χ3n) is 3.25. The molecule has 1 unspecified atom stereocenters. The third-order valence-corrected chi connectivity index (χ3v) is 5.12. The van der Waals surface area contributed by atoms with Gasteiger partial charge in [0.25, 0.3) is 5.91 Å². The molecular weight excluding hydrogens is 382 g/mol. The molecule has 0 aliphatic carbocycles. The van der Waals surface area contributed by atoms with Crippen LogP contribution in [0.25, 0.3) is 10.8 Å². The minimum absolute atomic E-state index is 0.0279. The molecule has 2 rings (SSSR count). The maximum atomic E-state index is 12.1. The van der Waals surface area contributed by atoms with Gasteiger partial charge in [0.05, 0.1) is 0 Å². The van der Waals surface area contributed by atoms with Crippen molar-refractivity contribution in [3.63, 3.8) is 0 Å². The van der Waals surface area contributed by atoms with Crippen molar-refractivity contribution in [1.82, 2.24) is 5.32 Å². The number of alkyl halides is 1. The fraction of sp³-hybridized carbons (Fsp3) is 0.312. The molecule has 0 aliphatic heterocycles. The fourth-order valence-electron chi connectivity index (χ4n) is 1.89. The molecule has 0 radical (unpaired) electrons. The number of carbonyl (C=O) groups is 1. The van der Waals surface area contributed by atoms with E-state index >= 15 is 0 Å². The van der Waals surface area contributed by atoms with Crippen molar-refractivity contribution in [2.45, 2.75) is 18.7 Å². The molecule has 0 aromatic heterocycles. The highest BCUT2D eigenvalue weighted by atomic mass is 79.9. The quantitative estimate of drug-likeness (QED) is 0.739. The molecule has 1 atom stereocenters. The van der Waals surface area contributed by atoms with Crippen LogP contribution in [0.4, 0.5) is 0 Å². The zero-order valence-corrected chi connectivity index (χ0v) is 14.7. The Labute approximate surface area is 136 Å². The monoisotopic (exact) mass is 397 g/mol. The molecule has 2 nitrogen and oxygen atoms in total. The van der Waals surface area contributed by atoms with E-state index in [0.717, 1.165) is 15.2 Å². The van der Waals surface area contributed by atoms with E-state index in [1.807, 2.05) is 36.4 Å². The van der Waals surface area contributed by atoms with E-state index in [2.05, 4.69) is 51.0 Å². The second kappa shape index (κ2) is 6.72. The van der Waals surface area contributed by atoms with Gasteiger partial charge in [-0.2, -0.15) is 0 Å². The lowest BCUT2D eigenvalue weighted by Gasteiger charge is -2.14. The Hall–Kier alpha value is -0.870. The molecule has 0 spiro atoms. The van der Waals surface area contributed by atoms with E-state index in [1.165, 1.54) is 0 Å². The zero-order valence-electron chi connectivity index (χ0n) is 11.5. The van der Waals surface area contributed by atoms with Crippen molar-refractivity contribution < 1.29 is 4.79 Å². The first-order chi connectivity index (χ1) is 9.47. The summed E-state index contributed by atoms with van der Waals surface area (Å²) >= 11 is 7.02. The van der Waals surface area contributed by atoms with Crippen LogP contribution in [0.3, 0.4) is 0 Å². The van der Waals surface area contributed by atoms with Gasteiger partial charge in [0, 0.05) is 21.4 Å². The maximum Gasteiger partial charge on any atom is 0.251 e. The molecule has 20 heavy (non-hydrogen) atoms. The summed E-state index contributed by atoms with van der Waals surface area (Å²) in [5, 5.41) is 5.15. The van der Waals surface area contributed by atoms with Crippen LogP contribution in [0.1, 0.15) is 24.2 Å². The number of nitrogens with one attached hydrogen (secondary N) is 1. The van der Waals surface area contributed by atoms with Gasteiger partial charge in [-0.3, -0.25) is 4.79 Å². The number of rotatable bonds is 4. The Kier molecular flexibility index (Phi) is 5.22. The molecule has 0 fully saturated rings. The van der Waals surface area contributed by atoms with Crippen LogP contribution >= 0.6 is 31.9 Å². The minimum atomic E-state index is -0.0279. The van der Waals surface area contributed by atoms with Crippen LogP contribution < -0.4 is 5.32 Å². The summed E-state index contributed by atoms with van der Waals surface area (Å²) in [4.78, 5) is 12.4. The van der Waals surface area contributed by atoms with Gasteiger partial charge in [0.1, 0.15) is 0 Å². The first kappa shape index (κ1) is 15.5. The topological polar surface area (TPSA) is 29.1 Å². The summed E-state index contributed by atoms with van der Waals surface area (Å²) in [7, 11) is 0. The van der Waals surface area contributed by atoms with Crippen LogP contribution in [0.5, 0.6) is 0 Å². The van der Waals surface area contributed by atoms with Crippen molar-refractivity contribution >= 4 is 48.5 Å². The first-order valence-electron chi connectivity index (χ1n) is 6.59. The molecule has 106 valence electrons. The summed E-state index contributed by atoms with van der Waals surface area (Å²) in [6.07, 6.45) is 0. The van der Waals surface area contributed by atoms with Crippen molar-refractivity contribution in [2.75, 3.05) is 6.54 Å². The molecule has 4 heteroatoms. The average molecular weight is 399 g/mol. The van der Waals surface area contributed by atoms with Crippen LogP contribution in [0, 0.1) is 5.92 Å². The largest absolute Gasteiger partial charge is 0.351 e. The lowest BCUT2D eigenvalue weighted by Crippen LogP contribution is -2.31. The van der Waals surface area contributed by atoms with Gasteiger partial charge in [-0.05, 0) is 41.0 Å². The normalized spacial score (nSPS) is 12.7. The summed E-state index contributed by atoms with van der Waals surface area (Å²) in [6, 6.07) is 11.8. The molecule has 0 saturated carbocycles. The standard InChI is InChI=1S/C16H17Br2NO/c1-10(2)15(18)9-19-16(20)13-4-3-12-8-14(17)6-5-11(12)7-13/h3-8,10,15H,9H2,1-2H3,(H,19,20). The number of benzene rings is 2. The highest BCUT2D eigenvalue weighted by molar-refractivity contribution is 9.10. The molecule has 0 aliphatic rings. The Morgan fingerprint density at radius 3 is 2.50 bits per heavy atom. The van der Waals surface area contributed by atoms with Gasteiger partial charge in [-0.1, -0.05) is 57.8 Å². The van der Waals surface area contributed by atoms with Crippen LogP contribution in [-0.2, 0) is 0 Å². The number of hydrogen-bond acceptors (Lipinski definition) is 1. The number of hydrogen-bond donors (Lipinski definition) is 1. The molecule has 2 aromatic carbocycles. The van der Waals surface area contributed by atoms with E-state index in [9.17, 15) is 4.79 Å². The van der Waals surface area contributed by atoms with Crippen LogP contribution in [0.15, 0.2) is 40.9 Å². The summed E-state index contributed by atoms with van der Waals surface area (Å²) < 4.78 is 1.04. The predicted octanol–water partition coefficient (Wildman–Crippen LogP) is 4.75.